The molecule has 0 saturated carbocycles. The van der Waals surface area contributed by atoms with Gasteiger partial charge >= 0.3 is 0 Å². The lowest BCUT2D eigenvalue weighted by Crippen LogP contribution is -1.99. The topological polar surface area (TPSA) is 18.5 Å². The van der Waals surface area contributed by atoms with Gasteiger partial charge in [-0.05, 0) is 11.1 Å². The molecule has 0 amide bonds. The molecule has 2 aromatic rings. The van der Waals surface area contributed by atoms with Gasteiger partial charge in [-0.2, -0.15) is 0 Å². The van der Waals surface area contributed by atoms with Crippen molar-refractivity contribution in [3.05, 3.63) is 90.4 Å². The highest BCUT2D eigenvalue weighted by Crippen LogP contribution is 2.12. The van der Waals surface area contributed by atoms with Crippen LogP contribution in [-0.4, -0.2) is 6.61 Å². The van der Waals surface area contributed by atoms with E-state index >= 15 is 0 Å². The van der Waals surface area contributed by atoms with Crippen LogP contribution < -0.4 is 0 Å². The summed E-state index contributed by atoms with van der Waals surface area (Å²) in [5.41, 5.74) is 2.15. The van der Waals surface area contributed by atoms with E-state index < -0.39 is 0 Å². The summed E-state index contributed by atoms with van der Waals surface area (Å²) in [4.78, 5) is 0. The average molecular weight is 266 g/mol. The number of hydrogen-bond acceptors (Lipinski definition) is 2. The Kier molecular flexibility index (Phi) is 5.47. The van der Waals surface area contributed by atoms with Crippen molar-refractivity contribution in [1.29, 1.82) is 0 Å². The first kappa shape index (κ1) is 13.9. The highest BCUT2D eigenvalue weighted by Gasteiger charge is 2.01. The van der Waals surface area contributed by atoms with Gasteiger partial charge in [-0.15, -0.1) is 0 Å². The third-order valence-electron chi connectivity index (χ3n) is 2.65. The summed E-state index contributed by atoms with van der Waals surface area (Å²) in [5.74, 6) is 0.500. The molecule has 0 fully saturated rings. The second-order valence-corrected chi connectivity index (χ2v) is 4.25. The van der Waals surface area contributed by atoms with Crippen LogP contribution >= 0.6 is 0 Å². The summed E-state index contributed by atoms with van der Waals surface area (Å²) in [6.45, 7) is 4.56. The zero-order valence-corrected chi connectivity index (χ0v) is 11.4. The van der Waals surface area contributed by atoms with E-state index in [2.05, 4.69) is 6.58 Å². The molecule has 2 rings (SSSR count). The Hall–Kier alpha value is -2.48. The van der Waals surface area contributed by atoms with Crippen molar-refractivity contribution >= 4 is 6.08 Å². The van der Waals surface area contributed by atoms with Crippen molar-refractivity contribution in [2.24, 2.45) is 0 Å². The summed E-state index contributed by atoms with van der Waals surface area (Å²) >= 11 is 0. The normalized spacial score (nSPS) is 10.9. The molecular weight excluding hydrogens is 248 g/mol. The molecule has 0 spiro atoms. The molecule has 0 aromatic heterocycles. The van der Waals surface area contributed by atoms with Gasteiger partial charge in [-0.25, -0.2) is 0 Å². The van der Waals surface area contributed by atoms with Gasteiger partial charge < -0.3 is 9.47 Å². The molecule has 2 aromatic carbocycles. The fourth-order valence-electron chi connectivity index (χ4n) is 1.68. The Morgan fingerprint density at radius 2 is 1.55 bits per heavy atom. The maximum Gasteiger partial charge on any atom is 0.280 e. The predicted molar refractivity (Wildman–Crippen MR) is 81.8 cm³/mol. The zero-order valence-electron chi connectivity index (χ0n) is 11.4. The van der Waals surface area contributed by atoms with E-state index in [4.69, 9.17) is 9.47 Å². The smallest absolute Gasteiger partial charge is 0.280 e. The van der Waals surface area contributed by atoms with Crippen LogP contribution in [0.4, 0.5) is 0 Å². The van der Waals surface area contributed by atoms with Gasteiger partial charge in [-0.1, -0.05) is 73.3 Å². The second-order valence-electron chi connectivity index (χ2n) is 4.25. The Morgan fingerprint density at radius 1 is 0.900 bits per heavy atom. The van der Waals surface area contributed by atoms with E-state index in [-0.39, 0.29) is 0 Å². The maximum absolute atomic E-state index is 5.73. The minimum Gasteiger partial charge on any atom is -0.461 e. The fourth-order valence-corrected chi connectivity index (χ4v) is 1.68. The van der Waals surface area contributed by atoms with Crippen LogP contribution in [0, 0.1) is 0 Å². The van der Waals surface area contributed by atoms with Gasteiger partial charge in [0.25, 0.3) is 5.95 Å². The first-order valence-electron chi connectivity index (χ1n) is 6.55. The molecule has 102 valence electrons. The third kappa shape index (κ3) is 4.65. The van der Waals surface area contributed by atoms with Gasteiger partial charge in [0.05, 0.1) is 0 Å². The maximum atomic E-state index is 5.73. The van der Waals surface area contributed by atoms with Gasteiger partial charge in [-0.3, -0.25) is 0 Å². The van der Waals surface area contributed by atoms with E-state index in [0.29, 0.717) is 19.2 Å². The molecule has 0 bridgehead atoms. The van der Waals surface area contributed by atoms with Crippen LogP contribution in [0.3, 0.4) is 0 Å². The number of hydrogen-bond donors (Lipinski definition) is 0. The molecule has 0 aliphatic rings. The summed E-state index contributed by atoms with van der Waals surface area (Å²) < 4.78 is 11.3. The molecule has 2 heteroatoms. The van der Waals surface area contributed by atoms with Gasteiger partial charge in [0.2, 0.25) is 0 Å². The van der Waals surface area contributed by atoms with Gasteiger partial charge in [0.1, 0.15) is 13.2 Å². The van der Waals surface area contributed by atoms with E-state index in [1.165, 1.54) is 0 Å². The third-order valence-corrected chi connectivity index (χ3v) is 2.65. The lowest BCUT2D eigenvalue weighted by molar-refractivity contribution is 0.0427. The number of ether oxygens (including phenoxy) is 2. The van der Waals surface area contributed by atoms with E-state index in [1.807, 2.05) is 66.7 Å². The zero-order chi connectivity index (χ0) is 14.0. The summed E-state index contributed by atoms with van der Waals surface area (Å²) in [5, 5.41) is 0. The Bertz CT molecular complexity index is 544. The fraction of sp³-hybridized carbons (Fsp3) is 0.111. The Labute approximate surface area is 120 Å². The van der Waals surface area contributed by atoms with Crippen LogP contribution in [-0.2, 0) is 16.1 Å². The molecule has 0 aliphatic carbocycles. The number of benzene rings is 2. The summed E-state index contributed by atoms with van der Waals surface area (Å²) in [6, 6.07) is 20.0. The quantitative estimate of drug-likeness (QED) is 0.546. The molecule has 0 atom stereocenters. The van der Waals surface area contributed by atoms with Crippen molar-refractivity contribution in [1.82, 2.24) is 0 Å². The Balaban J connectivity index is 2.03. The molecule has 0 N–H and O–H groups in total. The largest absolute Gasteiger partial charge is 0.461 e. The average Bonchev–Trinajstić information content (AvgIpc) is 2.52. The SMILES string of the molecule is C=CCOC(=Cc1ccccc1)OCc1ccccc1. The highest BCUT2D eigenvalue weighted by atomic mass is 16.7. The van der Waals surface area contributed by atoms with Crippen molar-refractivity contribution < 1.29 is 9.47 Å². The molecular formula is C18H18O2. The molecule has 2 nitrogen and oxygen atoms in total. The highest BCUT2D eigenvalue weighted by molar-refractivity contribution is 5.49. The lowest BCUT2D eigenvalue weighted by Gasteiger charge is -2.11. The van der Waals surface area contributed by atoms with Gasteiger partial charge in [0, 0.05) is 6.08 Å². The second kappa shape index (κ2) is 7.85. The molecule has 20 heavy (non-hydrogen) atoms. The Morgan fingerprint density at radius 3 is 2.20 bits per heavy atom. The molecule has 0 unspecified atom stereocenters. The lowest BCUT2D eigenvalue weighted by atomic mass is 10.2. The van der Waals surface area contributed by atoms with Crippen LogP contribution in [0.5, 0.6) is 0 Å². The molecule has 0 saturated heterocycles. The number of rotatable bonds is 7. The van der Waals surface area contributed by atoms with E-state index in [1.54, 1.807) is 6.08 Å². The summed E-state index contributed by atoms with van der Waals surface area (Å²) in [6.07, 6.45) is 3.58. The summed E-state index contributed by atoms with van der Waals surface area (Å²) in [7, 11) is 0. The van der Waals surface area contributed by atoms with Crippen molar-refractivity contribution in [2.45, 2.75) is 6.61 Å². The molecule has 0 aliphatic heterocycles. The van der Waals surface area contributed by atoms with Crippen LogP contribution in [0.1, 0.15) is 11.1 Å². The molecule has 0 heterocycles. The standard InChI is InChI=1S/C18H18O2/c1-2-13-19-18(14-16-9-5-3-6-10-16)20-15-17-11-7-4-8-12-17/h2-12,14H,1,13,15H2. The van der Waals surface area contributed by atoms with Crippen molar-refractivity contribution in [3.63, 3.8) is 0 Å². The van der Waals surface area contributed by atoms with Gasteiger partial charge in [0.15, 0.2) is 0 Å². The predicted octanol–water partition coefficient (Wildman–Crippen LogP) is 4.40. The van der Waals surface area contributed by atoms with Crippen LogP contribution in [0.2, 0.25) is 0 Å². The van der Waals surface area contributed by atoms with Crippen molar-refractivity contribution in [3.8, 4) is 0 Å². The van der Waals surface area contributed by atoms with E-state index in [0.717, 1.165) is 11.1 Å². The molecule has 0 radical (unpaired) electrons. The van der Waals surface area contributed by atoms with Crippen LogP contribution in [0.25, 0.3) is 6.08 Å². The van der Waals surface area contributed by atoms with Crippen LogP contribution in [0.15, 0.2) is 79.3 Å². The first-order chi connectivity index (χ1) is 9.88. The first-order valence-corrected chi connectivity index (χ1v) is 6.55. The minimum absolute atomic E-state index is 0.424. The van der Waals surface area contributed by atoms with Crippen molar-refractivity contribution in [2.75, 3.05) is 6.61 Å². The minimum atomic E-state index is 0.424. The van der Waals surface area contributed by atoms with E-state index in [9.17, 15) is 0 Å². The monoisotopic (exact) mass is 266 g/mol.